The quantitative estimate of drug-likeness (QED) is 0.639. The number of aryl methyl sites for hydroxylation is 1. The maximum absolute atomic E-state index is 12.9. The van der Waals surface area contributed by atoms with Crippen molar-refractivity contribution in [2.75, 3.05) is 11.9 Å². The van der Waals surface area contributed by atoms with E-state index in [-0.39, 0.29) is 17.7 Å². The van der Waals surface area contributed by atoms with Gasteiger partial charge in [-0.3, -0.25) is 9.59 Å². The smallest absolute Gasteiger partial charge is 0.254 e. The Morgan fingerprint density at radius 3 is 2.61 bits per heavy atom. The van der Waals surface area contributed by atoms with Crippen molar-refractivity contribution in [3.63, 3.8) is 0 Å². The zero-order chi connectivity index (χ0) is 21.4. The van der Waals surface area contributed by atoms with Crippen LogP contribution in [0.15, 0.2) is 59.0 Å². The number of amides is 2. The van der Waals surface area contributed by atoms with Crippen molar-refractivity contribution >= 4 is 17.5 Å². The molecular formula is C26H26N2O3. The van der Waals surface area contributed by atoms with Gasteiger partial charge in [-0.1, -0.05) is 36.2 Å². The highest BCUT2D eigenvalue weighted by molar-refractivity contribution is 5.94. The van der Waals surface area contributed by atoms with E-state index in [1.54, 1.807) is 0 Å². The lowest BCUT2D eigenvalue weighted by Gasteiger charge is -2.26. The summed E-state index contributed by atoms with van der Waals surface area (Å²) in [5.74, 6) is 2.01. The molecular weight excluding hydrogens is 388 g/mol. The number of nitrogens with zero attached hydrogens (tertiary/aromatic N) is 1. The van der Waals surface area contributed by atoms with Crippen molar-refractivity contribution < 1.29 is 14.0 Å². The summed E-state index contributed by atoms with van der Waals surface area (Å²) in [6.45, 7) is 3.20. The number of furan rings is 1. The Morgan fingerprint density at radius 2 is 1.87 bits per heavy atom. The van der Waals surface area contributed by atoms with Crippen LogP contribution >= 0.6 is 0 Å². The summed E-state index contributed by atoms with van der Waals surface area (Å²) in [6, 6.07) is 17.5. The molecule has 0 unspecified atom stereocenters. The molecule has 0 atom stereocenters. The van der Waals surface area contributed by atoms with Crippen LogP contribution in [0.4, 0.5) is 5.69 Å². The zero-order valence-corrected chi connectivity index (χ0v) is 17.7. The number of carbonyl (C=O) groups excluding carboxylic acids is 2. The SMILES string of the molecule is Cc1ccc(C(=O)N2CCc3oc(-c4cccc(NC(=O)C5CCC5)c4)cc3C2)cc1. The van der Waals surface area contributed by atoms with Crippen LogP contribution in [0.5, 0.6) is 0 Å². The Labute approximate surface area is 182 Å². The summed E-state index contributed by atoms with van der Waals surface area (Å²) in [5, 5.41) is 3.03. The minimum absolute atomic E-state index is 0.0501. The summed E-state index contributed by atoms with van der Waals surface area (Å²) in [4.78, 5) is 27.0. The van der Waals surface area contributed by atoms with E-state index in [4.69, 9.17) is 4.42 Å². The predicted molar refractivity (Wildman–Crippen MR) is 120 cm³/mol. The summed E-state index contributed by atoms with van der Waals surface area (Å²) in [6.07, 6.45) is 3.80. The van der Waals surface area contributed by atoms with E-state index in [0.717, 1.165) is 53.2 Å². The van der Waals surface area contributed by atoms with E-state index in [9.17, 15) is 9.59 Å². The van der Waals surface area contributed by atoms with Crippen LogP contribution in [0.3, 0.4) is 0 Å². The molecule has 2 heterocycles. The van der Waals surface area contributed by atoms with E-state index in [0.29, 0.717) is 25.1 Å². The van der Waals surface area contributed by atoms with Gasteiger partial charge in [0.2, 0.25) is 5.91 Å². The first kappa shape index (κ1) is 19.6. The molecule has 31 heavy (non-hydrogen) atoms. The molecule has 5 nitrogen and oxygen atoms in total. The third-order valence-electron chi connectivity index (χ3n) is 6.34. The molecule has 2 aliphatic rings. The molecule has 1 saturated carbocycles. The third-order valence-corrected chi connectivity index (χ3v) is 6.34. The summed E-state index contributed by atoms with van der Waals surface area (Å²) < 4.78 is 6.13. The summed E-state index contributed by atoms with van der Waals surface area (Å²) >= 11 is 0. The minimum Gasteiger partial charge on any atom is -0.461 e. The Balaban J connectivity index is 1.31. The Bertz CT molecular complexity index is 1130. The lowest BCUT2D eigenvalue weighted by molar-refractivity contribution is -0.122. The van der Waals surface area contributed by atoms with Gasteiger partial charge in [0.25, 0.3) is 5.91 Å². The van der Waals surface area contributed by atoms with Gasteiger partial charge in [0.1, 0.15) is 11.5 Å². The van der Waals surface area contributed by atoms with Gasteiger partial charge in [-0.25, -0.2) is 0 Å². The maximum Gasteiger partial charge on any atom is 0.254 e. The van der Waals surface area contributed by atoms with Crippen LogP contribution < -0.4 is 5.32 Å². The highest BCUT2D eigenvalue weighted by Crippen LogP contribution is 2.32. The van der Waals surface area contributed by atoms with Crippen LogP contribution in [0.2, 0.25) is 0 Å². The molecule has 2 aromatic carbocycles. The van der Waals surface area contributed by atoms with Crippen molar-refractivity contribution in [1.29, 1.82) is 0 Å². The monoisotopic (exact) mass is 414 g/mol. The van der Waals surface area contributed by atoms with Crippen LogP contribution in [0.1, 0.15) is 46.5 Å². The number of carbonyl (C=O) groups is 2. The lowest BCUT2D eigenvalue weighted by Crippen LogP contribution is -2.35. The highest BCUT2D eigenvalue weighted by Gasteiger charge is 2.26. The molecule has 5 heteroatoms. The molecule has 3 aromatic rings. The molecule has 0 spiro atoms. The number of anilines is 1. The second-order valence-corrected chi connectivity index (χ2v) is 8.60. The first-order valence-corrected chi connectivity index (χ1v) is 11.0. The van der Waals surface area contributed by atoms with Gasteiger partial charge < -0.3 is 14.6 Å². The van der Waals surface area contributed by atoms with Gasteiger partial charge in [-0.2, -0.15) is 0 Å². The fourth-order valence-corrected chi connectivity index (χ4v) is 4.19. The normalized spacial score (nSPS) is 15.8. The Hall–Kier alpha value is -3.34. The van der Waals surface area contributed by atoms with Gasteiger partial charge in [0, 0.05) is 47.8 Å². The molecule has 0 saturated heterocycles. The molecule has 1 aliphatic carbocycles. The maximum atomic E-state index is 12.9. The highest BCUT2D eigenvalue weighted by atomic mass is 16.3. The average Bonchev–Trinajstić information content (AvgIpc) is 3.16. The largest absolute Gasteiger partial charge is 0.461 e. The van der Waals surface area contributed by atoms with Crippen molar-refractivity contribution in [2.24, 2.45) is 5.92 Å². The number of benzene rings is 2. The number of hydrogen-bond donors (Lipinski definition) is 1. The second-order valence-electron chi connectivity index (χ2n) is 8.60. The number of hydrogen-bond acceptors (Lipinski definition) is 3. The molecule has 1 fully saturated rings. The topological polar surface area (TPSA) is 62.6 Å². The van der Waals surface area contributed by atoms with E-state index >= 15 is 0 Å². The zero-order valence-electron chi connectivity index (χ0n) is 17.7. The van der Waals surface area contributed by atoms with Gasteiger partial charge in [-0.15, -0.1) is 0 Å². The van der Waals surface area contributed by atoms with Gasteiger partial charge in [0.15, 0.2) is 0 Å². The minimum atomic E-state index is 0.0501. The Morgan fingerprint density at radius 1 is 1.06 bits per heavy atom. The number of rotatable bonds is 4. The van der Waals surface area contributed by atoms with Crippen LogP contribution in [0.25, 0.3) is 11.3 Å². The molecule has 158 valence electrons. The van der Waals surface area contributed by atoms with Gasteiger partial charge in [-0.05, 0) is 50.1 Å². The van der Waals surface area contributed by atoms with E-state index in [1.807, 2.05) is 66.4 Å². The molecule has 0 bridgehead atoms. The second kappa shape index (κ2) is 8.06. The number of nitrogens with one attached hydrogen (secondary N) is 1. The first-order chi connectivity index (χ1) is 15.1. The van der Waals surface area contributed by atoms with E-state index in [2.05, 4.69) is 5.32 Å². The standard InChI is InChI=1S/C26H26N2O3/c1-17-8-10-19(11-9-17)26(30)28-13-12-23-21(16-28)15-24(31-23)20-6-3-7-22(14-20)27-25(29)18-4-2-5-18/h3,6-11,14-15,18H,2,4-5,12-13,16H2,1H3,(H,27,29). The molecule has 1 N–H and O–H groups in total. The molecule has 2 amide bonds. The van der Waals surface area contributed by atoms with Crippen LogP contribution in [0, 0.1) is 12.8 Å². The summed E-state index contributed by atoms with van der Waals surface area (Å²) in [5.41, 5.74) is 4.62. The van der Waals surface area contributed by atoms with Crippen LogP contribution in [-0.4, -0.2) is 23.3 Å². The molecule has 1 aliphatic heterocycles. The lowest BCUT2D eigenvalue weighted by atomic mass is 9.85. The van der Waals surface area contributed by atoms with Crippen molar-refractivity contribution in [1.82, 2.24) is 4.90 Å². The average molecular weight is 415 g/mol. The van der Waals surface area contributed by atoms with Crippen molar-refractivity contribution in [2.45, 2.75) is 39.2 Å². The first-order valence-electron chi connectivity index (χ1n) is 11.0. The molecule has 5 rings (SSSR count). The molecule has 1 aromatic heterocycles. The number of fused-ring (bicyclic) bond motifs is 1. The van der Waals surface area contributed by atoms with Gasteiger partial charge >= 0.3 is 0 Å². The fraction of sp³-hybridized carbons (Fsp3) is 0.308. The van der Waals surface area contributed by atoms with E-state index < -0.39 is 0 Å². The van der Waals surface area contributed by atoms with Crippen molar-refractivity contribution in [3.8, 4) is 11.3 Å². The Kier molecular flexibility index (Phi) is 5.10. The predicted octanol–water partition coefficient (Wildman–Crippen LogP) is 5.19. The van der Waals surface area contributed by atoms with Gasteiger partial charge in [0.05, 0.1) is 0 Å². The van der Waals surface area contributed by atoms with Crippen LogP contribution in [-0.2, 0) is 17.8 Å². The fourth-order valence-electron chi connectivity index (χ4n) is 4.19. The third kappa shape index (κ3) is 4.00. The van der Waals surface area contributed by atoms with E-state index in [1.165, 1.54) is 0 Å². The summed E-state index contributed by atoms with van der Waals surface area (Å²) in [7, 11) is 0. The molecule has 0 radical (unpaired) electrons. The van der Waals surface area contributed by atoms with Crippen molar-refractivity contribution in [3.05, 3.63) is 77.0 Å².